The van der Waals surface area contributed by atoms with Gasteiger partial charge in [0.2, 0.25) is 0 Å². The monoisotopic (exact) mass is 225 g/mol. The van der Waals surface area contributed by atoms with Gasteiger partial charge in [-0.25, -0.2) is 0 Å². The maximum atomic E-state index is 5.58. The van der Waals surface area contributed by atoms with Crippen molar-refractivity contribution in [3.63, 3.8) is 0 Å². The minimum Gasteiger partial charge on any atom is -0.317 e. The highest BCUT2D eigenvalue weighted by molar-refractivity contribution is 6.17. The first-order valence-electron chi connectivity index (χ1n) is 5.74. The van der Waals surface area contributed by atoms with E-state index in [4.69, 9.17) is 11.6 Å². The zero-order valence-electron chi connectivity index (χ0n) is 9.21. The van der Waals surface area contributed by atoms with Crippen LogP contribution in [0.2, 0.25) is 0 Å². The van der Waals surface area contributed by atoms with Crippen LogP contribution in [-0.4, -0.2) is 19.0 Å². The lowest BCUT2D eigenvalue weighted by atomic mass is 10.1. The Morgan fingerprint density at radius 2 is 1.67 bits per heavy atom. The zero-order chi connectivity index (χ0) is 10.8. The van der Waals surface area contributed by atoms with E-state index in [1.54, 1.807) is 0 Å². The first-order valence-corrected chi connectivity index (χ1v) is 6.27. The Bertz CT molecular complexity index is 236. The molecule has 0 bridgehead atoms. The molecule has 0 unspecified atom stereocenters. The number of benzene rings is 1. The summed E-state index contributed by atoms with van der Waals surface area (Å²) in [5, 5.41) is 3.39. The molecule has 1 nitrogen and oxygen atoms in total. The van der Waals surface area contributed by atoms with Crippen LogP contribution in [0.4, 0.5) is 0 Å². The topological polar surface area (TPSA) is 12.0 Å². The highest BCUT2D eigenvalue weighted by atomic mass is 35.5. The average Bonchev–Trinajstić information content (AvgIpc) is 2.29. The van der Waals surface area contributed by atoms with Crippen LogP contribution in [0.15, 0.2) is 30.3 Å². The summed E-state index contributed by atoms with van der Waals surface area (Å²) in [6.45, 7) is 2.17. The molecule has 0 amide bonds. The minimum atomic E-state index is 0.761. The predicted octanol–water partition coefficient (Wildman–Crippen LogP) is 3.23. The number of hydrogen-bond donors (Lipinski definition) is 1. The molecule has 1 aromatic rings. The first-order chi connectivity index (χ1) is 7.43. The summed E-state index contributed by atoms with van der Waals surface area (Å²) in [5.41, 5.74) is 1.44. The molecule has 15 heavy (non-hydrogen) atoms. The molecule has 1 rings (SSSR count). The molecule has 0 heterocycles. The van der Waals surface area contributed by atoms with Crippen molar-refractivity contribution in [2.75, 3.05) is 19.0 Å². The van der Waals surface area contributed by atoms with Crippen LogP contribution < -0.4 is 5.32 Å². The number of alkyl halides is 1. The van der Waals surface area contributed by atoms with Crippen molar-refractivity contribution in [2.24, 2.45) is 0 Å². The molecule has 0 aliphatic rings. The van der Waals surface area contributed by atoms with E-state index < -0.39 is 0 Å². The molecule has 0 saturated carbocycles. The Morgan fingerprint density at radius 3 is 2.40 bits per heavy atom. The van der Waals surface area contributed by atoms with Gasteiger partial charge in [0.15, 0.2) is 0 Å². The second-order valence-corrected chi connectivity index (χ2v) is 4.11. The molecule has 0 atom stereocenters. The Labute approximate surface area is 97.8 Å². The summed E-state index contributed by atoms with van der Waals surface area (Å²) in [6.07, 6.45) is 4.77. The minimum absolute atomic E-state index is 0.761. The van der Waals surface area contributed by atoms with Crippen molar-refractivity contribution >= 4 is 11.6 Å². The van der Waals surface area contributed by atoms with E-state index in [1.807, 2.05) is 0 Å². The lowest BCUT2D eigenvalue weighted by Gasteiger charge is -2.03. The fourth-order valence-electron chi connectivity index (χ4n) is 1.54. The molecule has 0 fully saturated rings. The molecular formula is C13H20ClN. The van der Waals surface area contributed by atoms with Crippen molar-refractivity contribution in [1.29, 1.82) is 0 Å². The van der Waals surface area contributed by atoms with Gasteiger partial charge in [0, 0.05) is 5.88 Å². The molecule has 1 N–H and O–H groups in total. The van der Waals surface area contributed by atoms with Gasteiger partial charge in [-0.15, -0.1) is 11.6 Å². The van der Waals surface area contributed by atoms with E-state index in [9.17, 15) is 0 Å². The maximum Gasteiger partial charge on any atom is 0.0235 e. The van der Waals surface area contributed by atoms with Crippen molar-refractivity contribution in [3.8, 4) is 0 Å². The third-order valence-electron chi connectivity index (χ3n) is 2.40. The lowest BCUT2D eigenvalue weighted by Crippen LogP contribution is -2.17. The molecule has 0 saturated heterocycles. The van der Waals surface area contributed by atoms with Crippen LogP contribution in [0.5, 0.6) is 0 Å². The molecule has 2 heteroatoms. The van der Waals surface area contributed by atoms with Gasteiger partial charge in [-0.05, 0) is 44.3 Å². The number of nitrogens with one attached hydrogen (secondary N) is 1. The van der Waals surface area contributed by atoms with Gasteiger partial charge in [0.1, 0.15) is 0 Å². The van der Waals surface area contributed by atoms with Crippen molar-refractivity contribution in [3.05, 3.63) is 35.9 Å². The number of halogens is 1. The molecule has 0 aromatic heterocycles. The molecular weight excluding hydrogens is 206 g/mol. The second kappa shape index (κ2) is 8.75. The van der Waals surface area contributed by atoms with Gasteiger partial charge in [-0.1, -0.05) is 30.3 Å². The molecule has 0 spiro atoms. The maximum absolute atomic E-state index is 5.58. The van der Waals surface area contributed by atoms with Crippen molar-refractivity contribution in [1.82, 2.24) is 5.32 Å². The van der Waals surface area contributed by atoms with Gasteiger partial charge in [-0.3, -0.25) is 0 Å². The van der Waals surface area contributed by atoms with E-state index in [-0.39, 0.29) is 0 Å². The van der Waals surface area contributed by atoms with Crippen LogP contribution >= 0.6 is 11.6 Å². The standard InChI is InChI=1S/C13H20ClN/c14-10-6-12-15-11-5-4-9-13-7-2-1-3-8-13/h1-3,7-8,15H,4-6,9-12H2. The molecule has 0 aliphatic carbocycles. The zero-order valence-corrected chi connectivity index (χ0v) is 9.97. The summed E-state index contributed by atoms with van der Waals surface area (Å²) >= 11 is 5.58. The van der Waals surface area contributed by atoms with Gasteiger partial charge in [0.05, 0.1) is 0 Å². The summed E-state index contributed by atoms with van der Waals surface area (Å²) in [4.78, 5) is 0. The Morgan fingerprint density at radius 1 is 0.933 bits per heavy atom. The van der Waals surface area contributed by atoms with Gasteiger partial charge in [-0.2, -0.15) is 0 Å². The first kappa shape index (κ1) is 12.5. The number of hydrogen-bond acceptors (Lipinski definition) is 1. The third-order valence-corrected chi connectivity index (χ3v) is 2.67. The van der Waals surface area contributed by atoms with Crippen LogP contribution in [0.25, 0.3) is 0 Å². The van der Waals surface area contributed by atoms with E-state index in [2.05, 4.69) is 35.6 Å². The predicted molar refractivity (Wildman–Crippen MR) is 67.6 cm³/mol. The molecule has 1 aromatic carbocycles. The smallest absolute Gasteiger partial charge is 0.0235 e. The third kappa shape index (κ3) is 6.53. The summed E-state index contributed by atoms with van der Waals surface area (Å²) in [6, 6.07) is 10.7. The number of unbranched alkanes of at least 4 members (excludes halogenated alkanes) is 1. The quantitative estimate of drug-likeness (QED) is 0.529. The second-order valence-electron chi connectivity index (χ2n) is 3.74. The molecule has 84 valence electrons. The van der Waals surface area contributed by atoms with Crippen molar-refractivity contribution in [2.45, 2.75) is 25.7 Å². The van der Waals surface area contributed by atoms with Crippen LogP contribution in [0.3, 0.4) is 0 Å². The van der Waals surface area contributed by atoms with Crippen molar-refractivity contribution < 1.29 is 0 Å². The SMILES string of the molecule is ClCCCNCCCCc1ccccc1. The summed E-state index contributed by atoms with van der Waals surface area (Å²) in [5.74, 6) is 0.761. The van der Waals surface area contributed by atoms with E-state index in [1.165, 1.54) is 24.8 Å². The molecule has 0 radical (unpaired) electrons. The Kier molecular flexibility index (Phi) is 7.32. The van der Waals surface area contributed by atoms with Crippen LogP contribution in [0.1, 0.15) is 24.8 Å². The van der Waals surface area contributed by atoms with Gasteiger partial charge in [0.25, 0.3) is 0 Å². The van der Waals surface area contributed by atoms with E-state index >= 15 is 0 Å². The molecule has 0 aliphatic heterocycles. The number of rotatable bonds is 8. The highest BCUT2D eigenvalue weighted by Crippen LogP contribution is 2.03. The van der Waals surface area contributed by atoms with E-state index in [0.717, 1.165) is 25.4 Å². The summed E-state index contributed by atoms with van der Waals surface area (Å²) < 4.78 is 0. The Hall–Kier alpha value is -0.530. The normalized spacial score (nSPS) is 10.5. The average molecular weight is 226 g/mol. The highest BCUT2D eigenvalue weighted by Gasteiger charge is 1.92. The largest absolute Gasteiger partial charge is 0.317 e. The summed E-state index contributed by atoms with van der Waals surface area (Å²) in [7, 11) is 0. The Balaban J connectivity index is 1.93. The van der Waals surface area contributed by atoms with Gasteiger partial charge < -0.3 is 5.32 Å². The van der Waals surface area contributed by atoms with E-state index in [0.29, 0.717) is 0 Å². The number of aryl methyl sites for hydroxylation is 1. The van der Waals surface area contributed by atoms with Gasteiger partial charge >= 0.3 is 0 Å². The fraction of sp³-hybridized carbons (Fsp3) is 0.538. The van der Waals surface area contributed by atoms with Crippen LogP contribution in [-0.2, 0) is 6.42 Å². The van der Waals surface area contributed by atoms with Crippen LogP contribution in [0, 0.1) is 0 Å². The fourth-order valence-corrected chi connectivity index (χ4v) is 1.67. The lowest BCUT2D eigenvalue weighted by molar-refractivity contribution is 0.618.